The van der Waals surface area contributed by atoms with Crippen molar-refractivity contribution in [1.82, 2.24) is 15.3 Å². The van der Waals surface area contributed by atoms with Crippen molar-refractivity contribution in [2.75, 3.05) is 32.1 Å². The molecule has 6 nitrogen and oxygen atoms in total. The molecule has 17 heavy (non-hydrogen) atoms. The molecule has 1 amide bonds. The number of carbonyl (C=O) groups excluding carboxylic acids is 1. The van der Waals surface area contributed by atoms with Gasteiger partial charge in [0, 0.05) is 32.8 Å². The summed E-state index contributed by atoms with van der Waals surface area (Å²) in [7, 11) is 1.60. The fraction of sp³-hybridized carbons (Fsp3) is 0.545. The first-order valence-electron chi connectivity index (χ1n) is 5.51. The van der Waals surface area contributed by atoms with Crippen molar-refractivity contribution in [2.45, 2.75) is 13.3 Å². The van der Waals surface area contributed by atoms with Crippen LogP contribution in [0.15, 0.2) is 12.3 Å². The van der Waals surface area contributed by atoms with Gasteiger partial charge < -0.3 is 15.4 Å². The molecule has 0 spiro atoms. The van der Waals surface area contributed by atoms with Crippen molar-refractivity contribution in [3.05, 3.63) is 18.1 Å². The van der Waals surface area contributed by atoms with Gasteiger partial charge in [0.25, 0.3) is 0 Å². The van der Waals surface area contributed by atoms with Crippen LogP contribution in [0.4, 0.5) is 5.82 Å². The van der Waals surface area contributed by atoms with Crippen molar-refractivity contribution in [2.24, 2.45) is 0 Å². The second-order valence-corrected chi connectivity index (χ2v) is 3.51. The summed E-state index contributed by atoms with van der Waals surface area (Å²) in [5.74, 6) is 1.45. The molecule has 0 aromatic carbocycles. The number of aryl methyl sites for hydroxylation is 1. The van der Waals surface area contributed by atoms with Gasteiger partial charge in [-0.15, -0.1) is 0 Å². The van der Waals surface area contributed by atoms with E-state index in [0.717, 1.165) is 5.82 Å². The Labute approximate surface area is 101 Å². The minimum absolute atomic E-state index is 0.000304. The third kappa shape index (κ3) is 5.82. The van der Waals surface area contributed by atoms with Crippen LogP contribution < -0.4 is 10.6 Å². The van der Waals surface area contributed by atoms with Gasteiger partial charge >= 0.3 is 0 Å². The highest BCUT2D eigenvalue weighted by Gasteiger charge is 2.00. The van der Waals surface area contributed by atoms with Crippen molar-refractivity contribution in [1.29, 1.82) is 0 Å². The summed E-state index contributed by atoms with van der Waals surface area (Å²) < 4.78 is 4.83. The Hall–Kier alpha value is -1.69. The molecular weight excluding hydrogens is 220 g/mol. The molecule has 1 rings (SSSR count). The van der Waals surface area contributed by atoms with Gasteiger partial charge in [0.05, 0.1) is 6.61 Å². The van der Waals surface area contributed by atoms with Crippen LogP contribution in [-0.4, -0.2) is 42.7 Å². The molecule has 0 bridgehead atoms. The number of rotatable bonds is 7. The number of nitrogens with zero attached hydrogens (tertiary/aromatic N) is 2. The lowest BCUT2D eigenvalue weighted by Gasteiger charge is -2.06. The molecule has 0 radical (unpaired) electrons. The number of methoxy groups -OCH3 is 1. The molecule has 0 saturated carbocycles. The number of aromatic nitrogens is 2. The maximum absolute atomic E-state index is 11.3. The Bertz CT molecular complexity index is 357. The zero-order chi connectivity index (χ0) is 12.5. The van der Waals surface area contributed by atoms with Crippen LogP contribution in [0.5, 0.6) is 0 Å². The fourth-order valence-corrected chi connectivity index (χ4v) is 1.24. The number of ether oxygens (including phenoxy) is 1. The normalized spacial score (nSPS) is 10.0. The van der Waals surface area contributed by atoms with Gasteiger partial charge in [-0.05, 0) is 13.0 Å². The van der Waals surface area contributed by atoms with E-state index < -0.39 is 0 Å². The first kappa shape index (κ1) is 13.4. The second-order valence-electron chi connectivity index (χ2n) is 3.51. The van der Waals surface area contributed by atoms with Crippen LogP contribution in [0.25, 0.3) is 0 Å². The van der Waals surface area contributed by atoms with Crippen molar-refractivity contribution in [3.8, 4) is 0 Å². The Morgan fingerprint density at radius 1 is 1.47 bits per heavy atom. The summed E-state index contributed by atoms with van der Waals surface area (Å²) in [6.45, 7) is 3.45. The molecule has 94 valence electrons. The van der Waals surface area contributed by atoms with E-state index in [4.69, 9.17) is 4.74 Å². The smallest absolute Gasteiger partial charge is 0.221 e. The lowest BCUT2D eigenvalue weighted by molar-refractivity contribution is -0.121. The summed E-state index contributed by atoms with van der Waals surface area (Å²) in [4.78, 5) is 19.5. The average Bonchev–Trinajstić information content (AvgIpc) is 2.29. The van der Waals surface area contributed by atoms with E-state index >= 15 is 0 Å². The predicted molar refractivity (Wildman–Crippen MR) is 64.8 cm³/mol. The van der Waals surface area contributed by atoms with Crippen molar-refractivity contribution >= 4 is 11.7 Å². The molecule has 1 heterocycles. The van der Waals surface area contributed by atoms with Crippen LogP contribution in [0, 0.1) is 6.92 Å². The minimum atomic E-state index is 0.000304. The minimum Gasteiger partial charge on any atom is -0.383 e. The molecule has 0 aliphatic carbocycles. The monoisotopic (exact) mass is 238 g/mol. The molecule has 0 atom stereocenters. The summed E-state index contributed by atoms with van der Waals surface area (Å²) in [6.07, 6.45) is 2.09. The van der Waals surface area contributed by atoms with Crippen molar-refractivity contribution < 1.29 is 9.53 Å². The first-order valence-corrected chi connectivity index (χ1v) is 5.51. The number of amides is 1. The average molecular weight is 238 g/mol. The van der Waals surface area contributed by atoms with Crippen LogP contribution in [0.3, 0.4) is 0 Å². The van der Waals surface area contributed by atoms with Gasteiger partial charge in [-0.25, -0.2) is 9.97 Å². The molecule has 6 heteroatoms. The van der Waals surface area contributed by atoms with Crippen LogP contribution in [0.1, 0.15) is 12.2 Å². The van der Waals surface area contributed by atoms with Crippen molar-refractivity contribution in [3.63, 3.8) is 0 Å². The summed E-state index contributed by atoms with van der Waals surface area (Å²) in [6, 6.07) is 1.77. The van der Waals surface area contributed by atoms with Gasteiger partial charge in [-0.2, -0.15) is 0 Å². The molecule has 1 aromatic heterocycles. The van der Waals surface area contributed by atoms with Gasteiger partial charge in [-0.1, -0.05) is 0 Å². The number of hydrogen-bond donors (Lipinski definition) is 2. The number of carbonyl (C=O) groups is 1. The first-order chi connectivity index (χ1) is 8.22. The van der Waals surface area contributed by atoms with E-state index in [9.17, 15) is 4.79 Å². The molecule has 0 fully saturated rings. The standard InChI is InChI=1S/C11H18N4O2/c1-9-12-5-3-10(15-9)13-6-4-11(16)14-7-8-17-2/h3,5H,4,6-8H2,1-2H3,(H,14,16)(H,12,13,15). The van der Waals surface area contributed by atoms with E-state index in [2.05, 4.69) is 20.6 Å². The van der Waals surface area contributed by atoms with Crippen LogP contribution >= 0.6 is 0 Å². The third-order valence-electron chi connectivity index (χ3n) is 2.06. The number of hydrogen-bond acceptors (Lipinski definition) is 5. The topological polar surface area (TPSA) is 76.1 Å². The summed E-state index contributed by atoms with van der Waals surface area (Å²) >= 11 is 0. The lowest BCUT2D eigenvalue weighted by atomic mass is 10.4. The SMILES string of the molecule is COCCNC(=O)CCNc1ccnc(C)n1. The molecular formula is C11H18N4O2. The van der Waals surface area contributed by atoms with Gasteiger partial charge in [-0.3, -0.25) is 4.79 Å². The van der Waals surface area contributed by atoms with Crippen LogP contribution in [-0.2, 0) is 9.53 Å². The van der Waals surface area contributed by atoms with Crippen LogP contribution in [0.2, 0.25) is 0 Å². The highest BCUT2D eigenvalue weighted by Crippen LogP contribution is 2.00. The molecule has 0 unspecified atom stereocenters. The lowest BCUT2D eigenvalue weighted by Crippen LogP contribution is -2.28. The molecule has 0 aliphatic heterocycles. The third-order valence-corrected chi connectivity index (χ3v) is 2.06. The maximum Gasteiger partial charge on any atom is 0.221 e. The quantitative estimate of drug-likeness (QED) is 0.670. The zero-order valence-corrected chi connectivity index (χ0v) is 10.2. The molecule has 1 aromatic rings. The fourth-order valence-electron chi connectivity index (χ4n) is 1.24. The van der Waals surface area contributed by atoms with E-state index in [0.29, 0.717) is 31.9 Å². The molecule has 0 saturated heterocycles. The number of anilines is 1. The van der Waals surface area contributed by atoms with E-state index in [1.807, 2.05) is 6.92 Å². The molecule has 2 N–H and O–H groups in total. The highest BCUT2D eigenvalue weighted by molar-refractivity contribution is 5.76. The zero-order valence-electron chi connectivity index (χ0n) is 10.2. The maximum atomic E-state index is 11.3. The van der Waals surface area contributed by atoms with E-state index in [1.165, 1.54) is 0 Å². The van der Waals surface area contributed by atoms with E-state index in [-0.39, 0.29) is 5.91 Å². The van der Waals surface area contributed by atoms with Gasteiger partial charge in [0.2, 0.25) is 5.91 Å². The largest absolute Gasteiger partial charge is 0.383 e. The Morgan fingerprint density at radius 3 is 3.00 bits per heavy atom. The number of nitrogens with one attached hydrogen (secondary N) is 2. The van der Waals surface area contributed by atoms with Gasteiger partial charge in [0.15, 0.2) is 0 Å². The van der Waals surface area contributed by atoms with Gasteiger partial charge in [0.1, 0.15) is 11.6 Å². The summed E-state index contributed by atoms with van der Waals surface area (Å²) in [5.41, 5.74) is 0. The molecule has 0 aliphatic rings. The summed E-state index contributed by atoms with van der Waals surface area (Å²) in [5, 5.41) is 5.81. The Kier molecular flexibility index (Phi) is 5.95. The second kappa shape index (κ2) is 7.56. The Morgan fingerprint density at radius 2 is 2.29 bits per heavy atom. The Balaban J connectivity index is 2.17. The highest BCUT2D eigenvalue weighted by atomic mass is 16.5. The van der Waals surface area contributed by atoms with E-state index in [1.54, 1.807) is 19.4 Å². The predicted octanol–water partition coefficient (Wildman–Crippen LogP) is 0.350.